The summed E-state index contributed by atoms with van der Waals surface area (Å²) < 4.78 is 5.24. The summed E-state index contributed by atoms with van der Waals surface area (Å²) in [6.07, 6.45) is 0.250. The Kier molecular flexibility index (Phi) is 5.33. The summed E-state index contributed by atoms with van der Waals surface area (Å²) in [5, 5.41) is 17.4. The van der Waals surface area contributed by atoms with Crippen LogP contribution in [-0.4, -0.2) is 42.1 Å². The van der Waals surface area contributed by atoms with Gasteiger partial charge >= 0.3 is 5.97 Å². The molecule has 7 heteroatoms. The number of nitriles is 1. The van der Waals surface area contributed by atoms with E-state index in [-0.39, 0.29) is 29.6 Å². The summed E-state index contributed by atoms with van der Waals surface area (Å²) in [5.41, 5.74) is 0. The van der Waals surface area contributed by atoms with Crippen LogP contribution in [-0.2, 0) is 4.79 Å². The van der Waals surface area contributed by atoms with Crippen LogP contribution in [0.2, 0.25) is 0 Å². The maximum atomic E-state index is 11.7. The first kappa shape index (κ1) is 15.0. The summed E-state index contributed by atoms with van der Waals surface area (Å²) in [6, 6.07) is 3.54. The van der Waals surface area contributed by atoms with Gasteiger partial charge < -0.3 is 14.7 Å². The first-order valence-electron chi connectivity index (χ1n) is 5.53. The van der Waals surface area contributed by atoms with E-state index in [2.05, 4.69) is 0 Å². The number of nitrogens with zero attached hydrogens (tertiary/aromatic N) is 2. The van der Waals surface area contributed by atoms with Crippen molar-refractivity contribution >= 4 is 23.2 Å². The van der Waals surface area contributed by atoms with Crippen molar-refractivity contribution in [2.24, 2.45) is 0 Å². The van der Waals surface area contributed by atoms with E-state index in [1.54, 1.807) is 20.0 Å². The van der Waals surface area contributed by atoms with Gasteiger partial charge in [0, 0.05) is 18.5 Å². The van der Waals surface area contributed by atoms with E-state index in [1.165, 1.54) is 4.90 Å². The van der Waals surface area contributed by atoms with Gasteiger partial charge in [0.15, 0.2) is 11.5 Å². The molecule has 0 aromatic carbocycles. The smallest absolute Gasteiger partial charge is 0.349 e. The maximum absolute atomic E-state index is 11.7. The number of carboxylic acids is 1. The molecule has 1 aromatic rings. The lowest BCUT2D eigenvalue weighted by Crippen LogP contribution is -2.32. The van der Waals surface area contributed by atoms with Gasteiger partial charge in [0.1, 0.15) is 5.75 Å². The molecule has 1 N–H and O–H groups in total. The molecule has 0 saturated carbocycles. The van der Waals surface area contributed by atoms with Crippen molar-refractivity contribution in [3.63, 3.8) is 0 Å². The molecule has 0 saturated heterocycles. The van der Waals surface area contributed by atoms with Gasteiger partial charge in [0.2, 0.25) is 0 Å². The molecular weight excluding hydrogens is 268 g/mol. The third-order valence-corrected chi connectivity index (χ3v) is 3.37. The monoisotopic (exact) mass is 282 g/mol. The molecule has 0 aliphatic carbocycles. The highest BCUT2D eigenvalue weighted by Crippen LogP contribution is 2.28. The minimum absolute atomic E-state index is 0.0879. The van der Waals surface area contributed by atoms with Crippen LogP contribution in [0.4, 0.5) is 0 Å². The Labute approximate surface area is 114 Å². The van der Waals surface area contributed by atoms with Crippen LogP contribution in [0.1, 0.15) is 21.0 Å². The molecule has 0 unspecified atom stereocenters. The average molecular weight is 282 g/mol. The molecule has 0 aliphatic rings. The van der Waals surface area contributed by atoms with Crippen molar-refractivity contribution in [3.8, 4) is 11.8 Å². The Balaban J connectivity index is 2.60. The van der Waals surface area contributed by atoms with Crippen LogP contribution in [0.5, 0.6) is 5.75 Å². The highest BCUT2D eigenvalue weighted by Gasteiger charge is 2.17. The number of hydrogen-bond acceptors (Lipinski definition) is 5. The molecule has 0 fully saturated rings. The third-order valence-electron chi connectivity index (χ3n) is 2.35. The number of rotatable bonds is 6. The van der Waals surface area contributed by atoms with E-state index in [4.69, 9.17) is 15.1 Å². The number of hydrogen-bond donors (Lipinski definition) is 1. The zero-order valence-corrected chi connectivity index (χ0v) is 11.5. The van der Waals surface area contributed by atoms with Crippen molar-refractivity contribution in [2.75, 3.05) is 20.2 Å². The van der Waals surface area contributed by atoms with Gasteiger partial charge in [0.05, 0.1) is 12.5 Å². The second kappa shape index (κ2) is 6.75. The molecule has 0 atom stereocenters. The Morgan fingerprint density at radius 3 is 2.84 bits per heavy atom. The fourth-order valence-electron chi connectivity index (χ4n) is 1.34. The first-order chi connectivity index (χ1) is 8.95. The average Bonchev–Trinajstić information content (AvgIpc) is 2.74. The van der Waals surface area contributed by atoms with E-state index in [0.717, 1.165) is 16.2 Å². The third kappa shape index (κ3) is 4.26. The summed E-state index contributed by atoms with van der Waals surface area (Å²) in [5.74, 6) is -1.16. The second-order valence-corrected chi connectivity index (χ2v) is 5.12. The number of carboxylic acid groups (broad SMARTS) is 1. The SMILES string of the molecule is Cc1cc(OCC(=O)N(C)CCC#N)c(C(=O)O)s1. The molecule has 1 rings (SSSR count). The second-order valence-electron chi connectivity index (χ2n) is 3.87. The van der Waals surface area contributed by atoms with Gasteiger partial charge in [-0.05, 0) is 13.0 Å². The molecule has 1 amide bonds. The quantitative estimate of drug-likeness (QED) is 0.854. The van der Waals surface area contributed by atoms with Crippen molar-refractivity contribution in [1.29, 1.82) is 5.26 Å². The summed E-state index contributed by atoms with van der Waals surface area (Å²) in [6.45, 7) is 1.86. The molecule has 0 bridgehead atoms. The normalized spacial score (nSPS) is 9.74. The van der Waals surface area contributed by atoms with Crippen LogP contribution in [0, 0.1) is 18.3 Å². The zero-order chi connectivity index (χ0) is 14.4. The lowest BCUT2D eigenvalue weighted by atomic mass is 10.4. The van der Waals surface area contributed by atoms with Gasteiger partial charge in [-0.2, -0.15) is 5.26 Å². The molecule has 6 nitrogen and oxygen atoms in total. The predicted molar refractivity (Wildman–Crippen MR) is 69.4 cm³/mol. The Hall–Kier alpha value is -2.07. The van der Waals surface area contributed by atoms with E-state index in [9.17, 15) is 9.59 Å². The summed E-state index contributed by atoms with van der Waals surface area (Å²) in [4.78, 5) is 24.9. The van der Waals surface area contributed by atoms with E-state index in [1.807, 2.05) is 6.07 Å². The van der Waals surface area contributed by atoms with Crippen LogP contribution >= 0.6 is 11.3 Å². The number of carbonyl (C=O) groups is 2. The molecule has 0 radical (unpaired) electrons. The predicted octanol–water partition coefficient (Wildman–Crippen LogP) is 1.51. The minimum atomic E-state index is -1.07. The number of amides is 1. The fourth-order valence-corrected chi connectivity index (χ4v) is 2.13. The number of thiophene rings is 1. The van der Waals surface area contributed by atoms with Gasteiger partial charge in [0.25, 0.3) is 5.91 Å². The Morgan fingerprint density at radius 2 is 2.26 bits per heavy atom. The lowest BCUT2D eigenvalue weighted by Gasteiger charge is -2.15. The highest BCUT2D eigenvalue weighted by molar-refractivity contribution is 7.14. The van der Waals surface area contributed by atoms with Gasteiger partial charge in [-0.25, -0.2) is 4.79 Å². The standard InChI is InChI=1S/C12H14N2O4S/c1-8-6-9(11(19-8)12(16)17)18-7-10(15)14(2)5-3-4-13/h6H,3,5,7H2,1-2H3,(H,16,17). The van der Waals surface area contributed by atoms with Crippen molar-refractivity contribution in [2.45, 2.75) is 13.3 Å². The van der Waals surface area contributed by atoms with E-state index in [0.29, 0.717) is 6.54 Å². The van der Waals surface area contributed by atoms with Crippen LogP contribution < -0.4 is 4.74 Å². The molecule has 19 heavy (non-hydrogen) atoms. The van der Waals surface area contributed by atoms with Crippen LogP contribution in [0.3, 0.4) is 0 Å². The molecule has 1 aromatic heterocycles. The van der Waals surface area contributed by atoms with E-state index >= 15 is 0 Å². The largest absolute Gasteiger partial charge is 0.482 e. The molecular formula is C12H14N2O4S. The summed E-state index contributed by atoms with van der Waals surface area (Å²) >= 11 is 1.10. The Bertz CT molecular complexity index is 518. The van der Waals surface area contributed by atoms with Gasteiger partial charge in [-0.15, -0.1) is 11.3 Å². The molecule has 0 aliphatic heterocycles. The van der Waals surface area contributed by atoms with Gasteiger partial charge in [-0.1, -0.05) is 0 Å². The maximum Gasteiger partial charge on any atom is 0.349 e. The van der Waals surface area contributed by atoms with Crippen LogP contribution in [0.25, 0.3) is 0 Å². The highest BCUT2D eigenvalue weighted by atomic mass is 32.1. The van der Waals surface area contributed by atoms with Crippen molar-refractivity contribution in [1.82, 2.24) is 4.90 Å². The lowest BCUT2D eigenvalue weighted by molar-refractivity contribution is -0.132. The van der Waals surface area contributed by atoms with Gasteiger partial charge in [-0.3, -0.25) is 4.79 Å². The van der Waals surface area contributed by atoms with Crippen molar-refractivity contribution < 1.29 is 19.4 Å². The molecule has 0 spiro atoms. The number of aryl methyl sites for hydroxylation is 1. The number of likely N-dealkylation sites (N-methyl/N-ethyl adjacent to an activating group) is 1. The number of aromatic carboxylic acids is 1. The van der Waals surface area contributed by atoms with Crippen molar-refractivity contribution in [3.05, 3.63) is 15.8 Å². The fraction of sp³-hybridized carbons (Fsp3) is 0.417. The van der Waals surface area contributed by atoms with Crippen LogP contribution in [0.15, 0.2) is 6.07 Å². The first-order valence-corrected chi connectivity index (χ1v) is 6.34. The molecule has 102 valence electrons. The minimum Gasteiger partial charge on any atom is -0.482 e. The Morgan fingerprint density at radius 1 is 1.58 bits per heavy atom. The number of ether oxygens (including phenoxy) is 1. The summed E-state index contributed by atoms with van der Waals surface area (Å²) in [7, 11) is 1.57. The number of carbonyl (C=O) groups excluding carboxylic acids is 1. The molecule has 1 heterocycles. The topological polar surface area (TPSA) is 90.6 Å². The van der Waals surface area contributed by atoms with E-state index < -0.39 is 5.97 Å². The zero-order valence-electron chi connectivity index (χ0n) is 10.7.